The first kappa shape index (κ1) is 17.3. The molecule has 2 N–H and O–H groups in total. The molecule has 5 nitrogen and oxygen atoms in total. The molecule has 0 heterocycles. The molecule has 0 spiro atoms. The van der Waals surface area contributed by atoms with E-state index < -0.39 is 5.54 Å². The van der Waals surface area contributed by atoms with Crippen molar-refractivity contribution in [2.75, 3.05) is 32.2 Å². The van der Waals surface area contributed by atoms with Crippen LogP contribution in [0.15, 0.2) is 24.3 Å². The van der Waals surface area contributed by atoms with Crippen LogP contribution in [0.3, 0.4) is 0 Å². The van der Waals surface area contributed by atoms with Crippen molar-refractivity contribution >= 4 is 11.7 Å². The summed E-state index contributed by atoms with van der Waals surface area (Å²) in [5.74, 6) is 0.501. The van der Waals surface area contributed by atoms with Gasteiger partial charge in [0.1, 0.15) is 11.3 Å². The average molecular weight is 294 g/mol. The molecule has 1 aromatic carbocycles. The van der Waals surface area contributed by atoms with E-state index >= 15 is 0 Å². The highest BCUT2D eigenvalue weighted by molar-refractivity contribution is 5.79. The van der Waals surface area contributed by atoms with Crippen molar-refractivity contribution in [3.8, 4) is 5.75 Å². The van der Waals surface area contributed by atoms with Gasteiger partial charge in [0.25, 0.3) is 0 Å². The molecule has 5 heteroatoms. The lowest BCUT2D eigenvalue weighted by atomic mass is 9.97. The Bertz CT molecular complexity index is 443. The van der Waals surface area contributed by atoms with E-state index in [2.05, 4.69) is 4.90 Å². The van der Waals surface area contributed by atoms with Gasteiger partial charge >= 0.3 is 5.97 Å². The number of rotatable bonds is 8. The number of nitrogens with two attached hydrogens (primary N) is 1. The summed E-state index contributed by atoms with van der Waals surface area (Å²) in [6.45, 7) is 4.68. The van der Waals surface area contributed by atoms with Crippen LogP contribution in [0.4, 0.5) is 5.69 Å². The fourth-order valence-electron chi connectivity index (χ4n) is 2.05. The molecule has 1 unspecified atom stereocenters. The zero-order valence-corrected chi connectivity index (χ0v) is 13.4. The van der Waals surface area contributed by atoms with Crippen LogP contribution in [-0.2, 0) is 9.53 Å². The van der Waals surface area contributed by atoms with Crippen LogP contribution < -0.4 is 15.4 Å². The third-order valence-electron chi connectivity index (χ3n) is 3.44. The van der Waals surface area contributed by atoms with Crippen molar-refractivity contribution in [3.05, 3.63) is 24.3 Å². The number of methoxy groups -OCH3 is 1. The molecule has 0 aliphatic carbocycles. The maximum Gasteiger partial charge on any atom is 0.325 e. The third-order valence-corrected chi connectivity index (χ3v) is 3.44. The van der Waals surface area contributed by atoms with Crippen molar-refractivity contribution in [2.45, 2.75) is 32.2 Å². The number of hydrogen-bond acceptors (Lipinski definition) is 5. The van der Waals surface area contributed by atoms with E-state index in [0.717, 1.165) is 24.4 Å². The maximum atomic E-state index is 11.7. The molecule has 0 aliphatic rings. The monoisotopic (exact) mass is 294 g/mol. The van der Waals surface area contributed by atoms with Crippen LogP contribution in [0.25, 0.3) is 0 Å². The summed E-state index contributed by atoms with van der Waals surface area (Å²) in [6.07, 6.45) is 1.40. The average Bonchev–Trinajstić information content (AvgIpc) is 2.47. The van der Waals surface area contributed by atoms with E-state index in [4.69, 9.17) is 15.2 Å². The number of ether oxygens (including phenoxy) is 2. The molecular formula is C16H26N2O3. The second-order valence-electron chi connectivity index (χ2n) is 5.36. The van der Waals surface area contributed by atoms with Crippen LogP contribution in [0.2, 0.25) is 0 Å². The highest BCUT2D eigenvalue weighted by Gasteiger charge is 2.29. The summed E-state index contributed by atoms with van der Waals surface area (Å²) < 4.78 is 10.1. The molecule has 0 saturated heterocycles. The molecular weight excluding hydrogens is 268 g/mol. The molecule has 0 aromatic heterocycles. The largest absolute Gasteiger partial charge is 0.497 e. The SMILES string of the molecule is CCOC(=O)C(C)(N)CCCN(C)c1ccc(OC)cc1. The van der Waals surface area contributed by atoms with Crippen LogP contribution in [0.1, 0.15) is 26.7 Å². The lowest BCUT2D eigenvalue weighted by molar-refractivity contribution is -0.149. The van der Waals surface area contributed by atoms with Crippen molar-refractivity contribution in [1.29, 1.82) is 0 Å². The Labute approximate surface area is 127 Å². The molecule has 0 aliphatic heterocycles. The van der Waals surface area contributed by atoms with Crippen LogP contribution in [0.5, 0.6) is 5.75 Å². The number of carbonyl (C=O) groups is 1. The first-order valence-corrected chi connectivity index (χ1v) is 7.22. The Morgan fingerprint density at radius 1 is 1.33 bits per heavy atom. The lowest BCUT2D eigenvalue weighted by Crippen LogP contribution is -2.46. The predicted octanol–water partition coefficient (Wildman–Crippen LogP) is 2.19. The minimum atomic E-state index is -0.920. The van der Waals surface area contributed by atoms with Crippen LogP contribution in [-0.4, -0.2) is 38.8 Å². The topological polar surface area (TPSA) is 64.8 Å². The maximum absolute atomic E-state index is 11.7. The second-order valence-corrected chi connectivity index (χ2v) is 5.36. The van der Waals surface area contributed by atoms with Gasteiger partial charge in [0.15, 0.2) is 0 Å². The van der Waals surface area contributed by atoms with Gasteiger partial charge in [0, 0.05) is 19.3 Å². The number of anilines is 1. The first-order valence-electron chi connectivity index (χ1n) is 7.22. The minimum absolute atomic E-state index is 0.336. The van der Waals surface area contributed by atoms with E-state index in [1.807, 2.05) is 31.3 Å². The van der Waals surface area contributed by atoms with E-state index in [9.17, 15) is 4.79 Å². The van der Waals surface area contributed by atoms with Crippen molar-refractivity contribution in [2.24, 2.45) is 5.73 Å². The molecule has 0 saturated carbocycles. The van der Waals surface area contributed by atoms with Gasteiger partial charge in [-0.15, -0.1) is 0 Å². The van der Waals surface area contributed by atoms with Gasteiger partial charge in [-0.05, 0) is 51.0 Å². The Balaban J connectivity index is 2.45. The first-order chi connectivity index (χ1) is 9.90. The quantitative estimate of drug-likeness (QED) is 0.745. The number of hydrogen-bond donors (Lipinski definition) is 1. The van der Waals surface area contributed by atoms with Gasteiger partial charge in [-0.3, -0.25) is 4.79 Å². The number of nitrogens with zero attached hydrogens (tertiary/aromatic N) is 1. The summed E-state index contributed by atoms with van der Waals surface area (Å²) in [7, 11) is 3.66. The molecule has 118 valence electrons. The summed E-state index contributed by atoms with van der Waals surface area (Å²) in [6, 6.07) is 7.87. The predicted molar refractivity (Wildman–Crippen MR) is 84.7 cm³/mol. The fraction of sp³-hybridized carbons (Fsp3) is 0.562. The summed E-state index contributed by atoms with van der Waals surface area (Å²) in [5, 5.41) is 0. The van der Waals surface area contributed by atoms with Gasteiger partial charge in [0.05, 0.1) is 13.7 Å². The zero-order valence-electron chi connectivity index (χ0n) is 13.4. The molecule has 0 radical (unpaired) electrons. The molecule has 0 bridgehead atoms. The van der Waals surface area contributed by atoms with E-state index in [-0.39, 0.29) is 5.97 Å². The van der Waals surface area contributed by atoms with Gasteiger partial charge < -0.3 is 20.1 Å². The highest BCUT2D eigenvalue weighted by atomic mass is 16.5. The summed E-state index contributed by atoms with van der Waals surface area (Å²) >= 11 is 0. The van der Waals surface area contributed by atoms with Crippen molar-refractivity contribution < 1.29 is 14.3 Å². The number of esters is 1. The van der Waals surface area contributed by atoms with Crippen molar-refractivity contribution in [1.82, 2.24) is 0 Å². The lowest BCUT2D eigenvalue weighted by Gasteiger charge is -2.24. The smallest absolute Gasteiger partial charge is 0.325 e. The molecule has 1 aromatic rings. The van der Waals surface area contributed by atoms with Gasteiger partial charge in [-0.1, -0.05) is 0 Å². The summed E-state index contributed by atoms with van der Waals surface area (Å²) in [5.41, 5.74) is 6.18. The van der Waals surface area contributed by atoms with Gasteiger partial charge in [-0.25, -0.2) is 0 Å². The van der Waals surface area contributed by atoms with E-state index in [1.54, 1.807) is 21.0 Å². The Kier molecular flexibility index (Phi) is 6.49. The number of carbonyl (C=O) groups excluding carboxylic acids is 1. The summed E-state index contributed by atoms with van der Waals surface area (Å²) in [4.78, 5) is 13.8. The van der Waals surface area contributed by atoms with E-state index in [1.165, 1.54) is 0 Å². The highest BCUT2D eigenvalue weighted by Crippen LogP contribution is 2.19. The Hall–Kier alpha value is -1.75. The molecule has 0 fully saturated rings. The number of benzene rings is 1. The molecule has 1 atom stereocenters. The third kappa shape index (κ3) is 5.27. The second kappa shape index (κ2) is 7.88. The van der Waals surface area contributed by atoms with Crippen molar-refractivity contribution in [3.63, 3.8) is 0 Å². The van der Waals surface area contributed by atoms with Gasteiger partial charge in [0.2, 0.25) is 0 Å². The molecule has 1 rings (SSSR count). The zero-order chi connectivity index (χ0) is 15.9. The minimum Gasteiger partial charge on any atom is -0.497 e. The fourth-order valence-corrected chi connectivity index (χ4v) is 2.05. The standard InChI is InChI=1S/C16H26N2O3/c1-5-21-15(19)16(2,17)11-6-12-18(3)13-7-9-14(20-4)10-8-13/h7-10H,5-6,11-12,17H2,1-4H3. The molecule has 21 heavy (non-hydrogen) atoms. The molecule has 0 amide bonds. The normalized spacial score (nSPS) is 13.4. The van der Waals surface area contributed by atoms with Gasteiger partial charge in [-0.2, -0.15) is 0 Å². The van der Waals surface area contributed by atoms with Crippen LogP contribution >= 0.6 is 0 Å². The Morgan fingerprint density at radius 3 is 2.48 bits per heavy atom. The van der Waals surface area contributed by atoms with E-state index in [0.29, 0.717) is 13.0 Å². The Morgan fingerprint density at radius 2 is 1.95 bits per heavy atom. The van der Waals surface area contributed by atoms with Crippen LogP contribution in [0, 0.1) is 0 Å².